The van der Waals surface area contributed by atoms with Gasteiger partial charge in [0.05, 0.1) is 18.3 Å². The summed E-state index contributed by atoms with van der Waals surface area (Å²) in [5.74, 6) is 0. The second-order valence-electron chi connectivity index (χ2n) is 5.99. The Kier molecular flexibility index (Phi) is 3.82. The predicted molar refractivity (Wildman–Crippen MR) is 74.3 cm³/mol. The van der Waals surface area contributed by atoms with E-state index in [1.807, 2.05) is 18.2 Å². The van der Waals surface area contributed by atoms with Crippen molar-refractivity contribution in [1.82, 2.24) is 0 Å². The van der Waals surface area contributed by atoms with Gasteiger partial charge in [-0.1, -0.05) is 30.3 Å². The molecule has 2 aliphatic heterocycles. The van der Waals surface area contributed by atoms with Crippen LogP contribution >= 0.6 is 0 Å². The molecule has 3 rings (SSSR count). The fourth-order valence-corrected chi connectivity index (χ4v) is 3.01. The van der Waals surface area contributed by atoms with Crippen LogP contribution in [0.1, 0.15) is 25.8 Å². The van der Waals surface area contributed by atoms with E-state index in [0.717, 1.165) is 6.42 Å². The van der Waals surface area contributed by atoms with E-state index < -0.39 is 0 Å². The smallest absolute Gasteiger partial charge is 0.185 e. The summed E-state index contributed by atoms with van der Waals surface area (Å²) < 4.78 is 23.4. The standard InChI is InChI=1S/C16H22O4/c1-16(2)14-12(9-13(17-3)15(19-14)20-16)18-10-11-7-5-4-6-8-11/h4-8,12-15H,9-10H2,1-3H3/t12-,13+,14-,15?/m0/s1. The topological polar surface area (TPSA) is 36.9 Å². The maximum Gasteiger partial charge on any atom is 0.185 e. The maximum atomic E-state index is 6.08. The van der Waals surface area contributed by atoms with Gasteiger partial charge in [-0.2, -0.15) is 0 Å². The van der Waals surface area contributed by atoms with Crippen molar-refractivity contribution in [2.75, 3.05) is 7.11 Å². The van der Waals surface area contributed by atoms with E-state index >= 15 is 0 Å². The number of benzene rings is 1. The number of hydrogen-bond donors (Lipinski definition) is 0. The molecule has 0 aromatic heterocycles. The monoisotopic (exact) mass is 278 g/mol. The Balaban J connectivity index is 1.68. The van der Waals surface area contributed by atoms with E-state index in [-0.39, 0.29) is 30.2 Å². The molecule has 1 aromatic rings. The summed E-state index contributed by atoms with van der Waals surface area (Å²) in [5.41, 5.74) is 0.833. The highest BCUT2D eigenvalue weighted by molar-refractivity contribution is 5.13. The second-order valence-corrected chi connectivity index (χ2v) is 5.99. The number of hydrogen-bond acceptors (Lipinski definition) is 4. The first-order chi connectivity index (χ1) is 9.60. The van der Waals surface area contributed by atoms with Crippen LogP contribution < -0.4 is 0 Å². The molecule has 0 amide bonds. The highest BCUT2D eigenvalue weighted by atomic mass is 16.8. The van der Waals surface area contributed by atoms with Crippen LogP contribution in [0.2, 0.25) is 0 Å². The third kappa shape index (κ3) is 2.61. The van der Waals surface area contributed by atoms with Gasteiger partial charge in [0.2, 0.25) is 0 Å². The molecule has 1 unspecified atom stereocenters. The quantitative estimate of drug-likeness (QED) is 0.848. The van der Waals surface area contributed by atoms with Crippen LogP contribution in [0.4, 0.5) is 0 Å². The van der Waals surface area contributed by atoms with Crippen molar-refractivity contribution >= 4 is 0 Å². The van der Waals surface area contributed by atoms with Gasteiger partial charge in [0.1, 0.15) is 12.2 Å². The van der Waals surface area contributed by atoms with Crippen molar-refractivity contribution in [3.8, 4) is 0 Å². The van der Waals surface area contributed by atoms with Crippen molar-refractivity contribution in [2.45, 2.75) is 57.1 Å². The molecule has 4 nitrogen and oxygen atoms in total. The summed E-state index contributed by atoms with van der Waals surface area (Å²) in [6.45, 7) is 4.69. The summed E-state index contributed by atoms with van der Waals surface area (Å²) in [5, 5.41) is 0. The second kappa shape index (κ2) is 5.45. The van der Waals surface area contributed by atoms with Crippen LogP contribution in [-0.2, 0) is 25.6 Å². The van der Waals surface area contributed by atoms with Gasteiger partial charge in [-0.05, 0) is 19.4 Å². The first-order valence-electron chi connectivity index (χ1n) is 7.12. The zero-order valence-electron chi connectivity index (χ0n) is 12.2. The van der Waals surface area contributed by atoms with Crippen molar-refractivity contribution in [3.63, 3.8) is 0 Å². The van der Waals surface area contributed by atoms with Crippen molar-refractivity contribution < 1.29 is 18.9 Å². The summed E-state index contributed by atoms with van der Waals surface area (Å²) in [6, 6.07) is 10.2. The van der Waals surface area contributed by atoms with E-state index in [1.165, 1.54) is 5.56 Å². The molecule has 2 fully saturated rings. The fraction of sp³-hybridized carbons (Fsp3) is 0.625. The molecule has 4 atom stereocenters. The largest absolute Gasteiger partial charge is 0.376 e. The fourth-order valence-electron chi connectivity index (χ4n) is 3.01. The lowest BCUT2D eigenvalue weighted by atomic mass is 9.93. The van der Waals surface area contributed by atoms with Gasteiger partial charge in [0.15, 0.2) is 6.29 Å². The van der Waals surface area contributed by atoms with E-state index in [9.17, 15) is 0 Å². The van der Waals surface area contributed by atoms with Gasteiger partial charge >= 0.3 is 0 Å². The number of rotatable bonds is 4. The van der Waals surface area contributed by atoms with Crippen LogP contribution in [0.3, 0.4) is 0 Å². The lowest BCUT2D eigenvalue weighted by Gasteiger charge is -2.34. The Morgan fingerprint density at radius 3 is 2.65 bits per heavy atom. The molecule has 0 N–H and O–H groups in total. The highest BCUT2D eigenvalue weighted by Crippen LogP contribution is 2.41. The normalized spacial score (nSPS) is 35.1. The van der Waals surface area contributed by atoms with Gasteiger partial charge in [0.25, 0.3) is 0 Å². The Hall–Kier alpha value is -0.940. The molecule has 110 valence electrons. The summed E-state index contributed by atoms with van der Waals surface area (Å²) in [4.78, 5) is 0. The van der Waals surface area contributed by atoms with Gasteiger partial charge in [-0.25, -0.2) is 0 Å². The lowest BCUT2D eigenvalue weighted by Crippen LogP contribution is -2.47. The Bertz CT molecular complexity index is 445. The molecule has 2 saturated heterocycles. The molecule has 2 heterocycles. The van der Waals surface area contributed by atoms with Crippen LogP contribution in [0.5, 0.6) is 0 Å². The highest BCUT2D eigenvalue weighted by Gasteiger charge is 2.54. The lowest BCUT2D eigenvalue weighted by molar-refractivity contribution is -0.201. The molecular formula is C16H22O4. The molecule has 4 heteroatoms. The Labute approximate surface area is 120 Å². The molecule has 20 heavy (non-hydrogen) atoms. The van der Waals surface area contributed by atoms with E-state index in [2.05, 4.69) is 26.0 Å². The minimum atomic E-state index is -0.334. The molecule has 0 saturated carbocycles. The van der Waals surface area contributed by atoms with E-state index in [0.29, 0.717) is 6.61 Å². The predicted octanol–water partition coefficient (Wildman–Crippen LogP) is 2.51. The average Bonchev–Trinajstić information content (AvgIpc) is 2.72. The number of methoxy groups -OCH3 is 1. The summed E-state index contributed by atoms with van der Waals surface area (Å²) in [7, 11) is 1.69. The average molecular weight is 278 g/mol. The zero-order valence-corrected chi connectivity index (χ0v) is 12.2. The van der Waals surface area contributed by atoms with Gasteiger partial charge in [-0.3, -0.25) is 0 Å². The number of fused-ring (bicyclic) bond motifs is 2. The minimum Gasteiger partial charge on any atom is -0.376 e. The molecule has 0 radical (unpaired) electrons. The zero-order chi connectivity index (χ0) is 14.2. The molecule has 2 bridgehead atoms. The number of ether oxygens (including phenoxy) is 4. The van der Waals surface area contributed by atoms with Crippen LogP contribution in [0.25, 0.3) is 0 Å². The summed E-state index contributed by atoms with van der Waals surface area (Å²) >= 11 is 0. The van der Waals surface area contributed by atoms with Crippen molar-refractivity contribution in [1.29, 1.82) is 0 Å². The third-order valence-corrected chi connectivity index (χ3v) is 4.10. The Morgan fingerprint density at radius 2 is 1.95 bits per heavy atom. The molecule has 2 aliphatic rings. The molecule has 1 aromatic carbocycles. The van der Waals surface area contributed by atoms with Gasteiger partial charge in [0, 0.05) is 13.5 Å². The molecule has 0 aliphatic carbocycles. The first-order valence-corrected chi connectivity index (χ1v) is 7.12. The third-order valence-electron chi connectivity index (χ3n) is 4.10. The van der Waals surface area contributed by atoms with Crippen molar-refractivity contribution in [2.24, 2.45) is 0 Å². The van der Waals surface area contributed by atoms with Crippen LogP contribution in [0.15, 0.2) is 30.3 Å². The SMILES string of the molecule is CO[C@@H]1C[C@H](OCc2ccccc2)[C@@H]2OC1OC2(C)C. The van der Waals surface area contributed by atoms with Gasteiger partial charge < -0.3 is 18.9 Å². The summed E-state index contributed by atoms with van der Waals surface area (Å²) in [6.07, 6.45) is 0.434. The molecule has 0 spiro atoms. The van der Waals surface area contributed by atoms with Crippen molar-refractivity contribution in [3.05, 3.63) is 35.9 Å². The van der Waals surface area contributed by atoms with Crippen LogP contribution in [-0.4, -0.2) is 37.3 Å². The molecular weight excluding hydrogens is 256 g/mol. The first kappa shape index (κ1) is 14.0. The maximum absolute atomic E-state index is 6.08. The van der Waals surface area contributed by atoms with E-state index in [1.54, 1.807) is 7.11 Å². The van der Waals surface area contributed by atoms with Crippen LogP contribution in [0, 0.1) is 0 Å². The minimum absolute atomic E-state index is 0.00564. The van der Waals surface area contributed by atoms with Gasteiger partial charge in [-0.15, -0.1) is 0 Å². The Morgan fingerprint density at radius 1 is 1.20 bits per heavy atom. The van der Waals surface area contributed by atoms with E-state index in [4.69, 9.17) is 18.9 Å².